The lowest BCUT2D eigenvalue weighted by atomic mass is 9.98. The molecule has 224 valence electrons. The molecule has 9 nitrogen and oxygen atoms in total. The Kier molecular flexibility index (Phi) is 8.96. The number of ether oxygens (including phenoxy) is 3. The first-order valence-electron chi connectivity index (χ1n) is 14.3. The number of aromatic nitrogens is 1. The van der Waals surface area contributed by atoms with Crippen molar-refractivity contribution < 1.29 is 28.2 Å². The van der Waals surface area contributed by atoms with Gasteiger partial charge in [0.25, 0.3) is 5.91 Å². The summed E-state index contributed by atoms with van der Waals surface area (Å²) in [5.41, 5.74) is 2.11. The van der Waals surface area contributed by atoms with Gasteiger partial charge < -0.3 is 18.6 Å². The van der Waals surface area contributed by atoms with Gasteiger partial charge in [-0.25, -0.2) is 9.78 Å². The van der Waals surface area contributed by atoms with E-state index in [0.717, 1.165) is 36.2 Å². The quantitative estimate of drug-likeness (QED) is 0.0976. The van der Waals surface area contributed by atoms with Crippen LogP contribution in [0.5, 0.6) is 11.5 Å². The van der Waals surface area contributed by atoms with E-state index in [0.29, 0.717) is 46.9 Å². The average molecular weight is 603 g/mol. The standard InChI is InChI=1S/C33H34N2O7S/c1-6-9-10-16-40-24-14-12-21(18-25(24)39-8-3)27-26-28(36)22-17-19(4)11-13-23(22)42-29(26)31(37)35(27)33-34-20(5)30(43-33)32(38)41-15-7-2/h7,11-14,17-18,27H,2,6,8-10,15-16H2,1,3-5H3. The first kappa shape index (κ1) is 30.0. The van der Waals surface area contributed by atoms with Crippen LogP contribution in [0.3, 0.4) is 0 Å². The van der Waals surface area contributed by atoms with Crippen LogP contribution in [0.15, 0.2) is 58.3 Å². The highest BCUT2D eigenvalue weighted by atomic mass is 32.1. The zero-order chi connectivity index (χ0) is 30.7. The van der Waals surface area contributed by atoms with Crippen molar-refractivity contribution in [2.24, 2.45) is 0 Å². The topological polar surface area (TPSA) is 108 Å². The molecule has 1 amide bonds. The molecule has 0 saturated carbocycles. The number of hydrogen-bond acceptors (Lipinski definition) is 9. The predicted octanol–water partition coefficient (Wildman–Crippen LogP) is 6.93. The smallest absolute Gasteiger partial charge is 0.350 e. The Balaban J connectivity index is 1.67. The Labute approximate surface area is 253 Å². The molecule has 0 N–H and O–H groups in total. The minimum absolute atomic E-state index is 0.0414. The van der Waals surface area contributed by atoms with E-state index in [1.165, 1.54) is 11.0 Å². The molecule has 1 unspecified atom stereocenters. The predicted molar refractivity (Wildman–Crippen MR) is 166 cm³/mol. The second-order valence-electron chi connectivity index (χ2n) is 10.2. The van der Waals surface area contributed by atoms with Crippen LogP contribution < -0.4 is 19.8 Å². The number of nitrogens with zero attached hydrogens (tertiary/aromatic N) is 2. The van der Waals surface area contributed by atoms with Crippen molar-refractivity contribution >= 4 is 39.3 Å². The molecule has 0 fully saturated rings. The summed E-state index contributed by atoms with van der Waals surface area (Å²) in [6, 6.07) is 9.79. The van der Waals surface area contributed by atoms with Crippen LogP contribution >= 0.6 is 11.3 Å². The molecule has 0 bridgehead atoms. The lowest BCUT2D eigenvalue weighted by Crippen LogP contribution is -2.29. The molecule has 0 saturated heterocycles. The fourth-order valence-electron chi connectivity index (χ4n) is 5.09. The van der Waals surface area contributed by atoms with E-state index in [1.54, 1.807) is 31.2 Å². The van der Waals surface area contributed by atoms with E-state index in [9.17, 15) is 14.4 Å². The van der Waals surface area contributed by atoms with Crippen molar-refractivity contribution in [3.8, 4) is 11.5 Å². The molecule has 1 atom stereocenters. The van der Waals surface area contributed by atoms with Crippen LogP contribution in [-0.4, -0.2) is 36.7 Å². The number of carbonyl (C=O) groups excluding carboxylic acids is 2. The van der Waals surface area contributed by atoms with Crippen molar-refractivity contribution in [3.63, 3.8) is 0 Å². The monoisotopic (exact) mass is 602 g/mol. The van der Waals surface area contributed by atoms with Gasteiger partial charge in [0.05, 0.1) is 35.9 Å². The summed E-state index contributed by atoms with van der Waals surface area (Å²) in [7, 11) is 0. The van der Waals surface area contributed by atoms with E-state index >= 15 is 0 Å². The van der Waals surface area contributed by atoms with Crippen molar-refractivity contribution in [3.05, 3.63) is 92.3 Å². The summed E-state index contributed by atoms with van der Waals surface area (Å²) in [5, 5.41) is 0.616. The highest BCUT2D eigenvalue weighted by Crippen LogP contribution is 2.45. The SMILES string of the molecule is C=CCOC(=O)c1sc(N2C(=O)c3oc4ccc(C)cc4c(=O)c3C2c2ccc(OCCCCC)c(OCC)c2)nc1C. The van der Waals surface area contributed by atoms with Gasteiger partial charge in [-0.2, -0.15) is 0 Å². The van der Waals surface area contributed by atoms with Crippen molar-refractivity contribution in [1.29, 1.82) is 0 Å². The summed E-state index contributed by atoms with van der Waals surface area (Å²) in [5.74, 6) is -0.0794. The summed E-state index contributed by atoms with van der Waals surface area (Å²) < 4.78 is 23.3. The average Bonchev–Trinajstić information content (AvgIpc) is 3.52. The Bertz CT molecular complexity index is 1760. The van der Waals surface area contributed by atoms with E-state index in [4.69, 9.17) is 18.6 Å². The highest BCUT2D eigenvalue weighted by Gasteiger charge is 2.45. The fourth-order valence-corrected chi connectivity index (χ4v) is 6.08. The number of esters is 1. The van der Waals surface area contributed by atoms with Gasteiger partial charge in [-0.1, -0.05) is 61.5 Å². The molecule has 3 heterocycles. The fraction of sp³-hybridized carbons (Fsp3) is 0.333. The molecule has 0 aliphatic carbocycles. The van der Waals surface area contributed by atoms with Gasteiger partial charge in [0, 0.05) is 0 Å². The van der Waals surface area contributed by atoms with Gasteiger partial charge in [0.15, 0.2) is 22.1 Å². The van der Waals surface area contributed by atoms with E-state index in [1.807, 2.05) is 26.0 Å². The third-order valence-corrected chi connectivity index (χ3v) is 8.26. The molecule has 43 heavy (non-hydrogen) atoms. The van der Waals surface area contributed by atoms with Gasteiger partial charge in [0.1, 0.15) is 17.1 Å². The number of unbranched alkanes of at least 4 members (excludes halogenated alkanes) is 2. The second kappa shape index (κ2) is 12.8. The summed E-state index contributed by atoms with van der Waals surface area (Å²) in [6.07, 6.45) is 4.52. The van der Waals surface area contributed by atoms with E-state index < -0.39 is 17.9 Å². The number of amides is 1. The van der Waals surface area contributed by atoms with Gasteiger partial charge in [-0.3, -0.25) is 14.5 Å². The van der Waals surface area contributed by atoms with E-state index in [2.05, 4.69) is 18.5 Å². The summed E-state index contributed by atoms with van der Waals surface area (Å²) in [4.78, 5) is 47.1. The normalized spacial score (nSPS) is 14.2. The Hall–Kier alpha value is -4.44. The van der Waals surface area contributed by atoms with Crippen molar-refractivity contribution in [2.45, 2.75) is 53.0 Å². The molecular weight excluding hydrogens is 568 g/mol. The first-order chi connectivity index (χ1) is 20.8. The maximum atomic E-state index is 14.1. The molecule has 4 aromatic rings. The molecule has 0 spiro atoms. The third kappa shape index (κ3) is 5.79. The minimum Gasteiger partial charge on any atom is -0.490 e. The van der Waals surface area contributed by atoms with Crippen molar-refractivity contribution in [1.82, 2.24) is 4.98 Å². The number of benzene rings is 2. The molecule has 2 aromatic heterocycles. The zero-order valence-electron chi connectivity index (χ0n) is 24.7. The second-order valence-corrected chi connectivity index (χ2v) is 11.2. The highest BCUT2D eigenvalue weighted by molar-refractivity contribution is 7.17. The molecule has 1 aliphatic heterocycles. The molecule has 1 aliphatic rings. The number of aryl methyl sites for hydroxylation is 2. The van der Waals surface area contributed by atoms with Crippen LogP contribution in [0.25, 0.3) is 11.0 Å². The van der Waals surface area contributed by atoms with Gasteiger partial charge in [0.2, 0.25) is 5.76 Å². The molecule has 10 heteroatoms. The first-order valence-corrected chi connectivity index (χ1v) is 15.2. The van der Waals surface area contributed by atoms with Crippen LogP contribution in [-0.2, 0) is 4.74 Å². The maximum absolute atomic E-state index is 14.1. The number of fused-ring (bicyclic) bond motifs is 2. The lowest BCUT2D eigenvalue weighted by molar-refractivity contribution is 0.0554. The number of thiazole rings is 1. The molecule has 0 radical (unpaired) electrons. The number of rotatable bonds is 12. The maximum Gasteiger partial charge on any atom is 0.350 e. The Morgan fingerprint density at radius 2 is 1.91 bits per heavy atom. The van der Waals surface area contributed by atoms with Crippen LogP contribution in [0.1, 0.15) is 81.8 Å². The van der Waals surface area contributed by atoms with Crippen LogP contribution in [0, 0.1) is 13.8 Å². The number of hydrogen-bond donors (Lipinski definition) is 0. The van der Waals surface area contributed by atoms with E-state index in [-0.39, 0.29) is 33.4 Å². The molecule has 2 aromatic carbocycles. The number of carbonyl (C=O) groups is 2. The Morgan fingerprint density at radius 3 is 2.65 bits per heavy atom. The van der Waals surface area contributed by atoms with Crippen LogP contribution in [0.4, 0.5) is 5.13 Å². The minimum atomic E-state index is -0.889. The largest absolute Gasteiger partial charge is 0.490 e. The summed E-state index contributed by atoms with van der Waals surface area (Å²) >= 11 is 1.02. The number of anilines is 1. The lowest BCUT2D eigenvalue weighted by Gasteiger charge is -2.23. The van der Waals surface area contributed by atoms with Crippen molar-refractivity contribution in [2.75, 3.05) is 24.7 Å². The molecular formula is C33H34N2O7S. The third-order valence-electron chi connectivity index (χ3n) is 7.12. The van der Waals surface area contributed by atoms with Gasteiger partial charge >= 0.3 is 5.97 Å². The van der Waals surface area contributed by atoms with Gasteiger partial charge in [-0.05, 0) is 57.0 Å². The summed E-state index contributed by atoms with van der Waals surface area (Å²) in [6.45, 7) is 12.1. The van der Waals surface area contributed by atoms with Crippen LogP contribution in [0.2, 0.25) is 0 Å². The Morgan fingerprint density at radius 1 is 1.09 bits per heavy atom. The zero-order valence-corrected chi connectivity index (χ0v) is 25.5. The molecule has 5 rings (SSSR count). The van der Waals surface area contributed by atoms with Gasteiger partial charge in [-0.15, -0.1) is 0 Å².